The van der Waals surface area contributed by atoms with E-state index in [2.05, 4.69) is 26.2 Å². The van der Waals surface area contributed by atoms with Crippen LogP contribution >= 0.6 is 27.5 Å². The highest BCUT2D eigenvalue weighted by Crippen LogP contribution is 2.22. The lowest BCUT2D eigenvalue weighted by Crippen LogP contribution is -2.06. The van der Waals surface area contributed by atoms with E-state index in [9.17, 15) is 8.78 Å². The average molecular weight is 323 g/mol. The van der Waals surface area contributed by atoms with Gasteiger partial charge >= 0.3 is 0 Å². The summed E-state index contributed by atoms with van der Waals surface area (Å²) < 4.78 is 28.7. The van der Waals surface area contributed by atoms with Crippen LogP contribution in [-0.4, -0.2) is 15.0 Å². The fourth-order valence-electron chi connectivity index (χ4n) is 1.35. The van der Waals surface area contributed by atoms with Gasteiger partial charge in [0, 0.05) is 5.56 Å². The Bertz CT molecular complexity index is 544. The summed E-state index contributed by atoms with van der Waals surface area (Å²) in [4.78, 5) is 0. The van der Waals surface area contributed by atoms with Gasteiger partial charge in [-0.05, 0) is 28.1 Å². The molecule has 0 aliphatic rings. The van der Waals surface area contributed by atoms with Gasteiger partial charge in [-0.25, -0.2) is 13.5 Å². The molecule has 0 saturated heterocycles. The first-order chi connectivity index (χ1) is 8.11. The third-order valence-electron chi connectivity index (χ3n) is 2.18. The highest BCUT2D eigenvalue weighted by atomic mass is 79.9. The first-order valence-electron chi connectivity index (χ1n) is 4.69. The molecule has 1 heterocycles. The first-order valence-corrected chi connectivity index (χ1v) is 6.02. The van der Waals surface area contributed by atoms with Crippen molar-refractivity contribution in [1.29, 1.82) is 0 Å². The second-order valence-corrected chi connectivity index (χ2v) is 4.48. The molecule has 0 aliphatic carbocycles. The minimum absolute atomic E-state index is 0.0268. The normalized spacial score (nSPS) is 10.8. The molecule has 0 spiro atoms. The van der Waals surface area contributed by atoms with Crippen molar-refractivity contribution in [2.75, 3.05) is 0 Å². The molecule has 0 unspecified atom stereocenters. The average Bonchev–Trinajstić information content (AvgIpc) is 2.77. The number of benzene rings is 1. The Balaban J connectivity index is 2.32. The van der Waals surface area contributed by atoms with Crippen LogP contribution in [0.4, 0.5) is 8.78 Å². The summed E-state index contributed by atoms with van der Waals surface area (Å²) in [7, 11) is 0. The molecule has 0 amide bonds. The van der Waals surface area contributed by atoms with Gasteiger partial charge in [0.1, 0.15) is 11.6 Å². The molecule has 0 N–H and O–H groups in total. The Morgan fingerprint density at radius 1 is 1.35 bits per heavy atom. The summed E-state index contributed by atoms with van der Waals surface area (Å²) >= 11 is 8.56. The van der Waals surface area contributed by atoms with Crippen molar-refractivity contribution in [3.05, 3.63) is 45.7 Å². The van der Waals surface area contributed by atoms with Crippen LogP contribution in [0, 0.1) is 11.6 Å². The van der Waals surface area contributed by atoms with E-state index in [0.717, 1.165) is 0 Å². The van der Waals surface area contributed by atoms with Gasteiger partial charge in [0.05, 0.1) is 28.8 Å². The molecule has 3 nitrogen and oxygen atoms in total. The molecular weight excluding hydrogens is 315 g/mol. The Morgan fingerprint density at radius 3 is 2.76 bits per heavy atom. The third-order valence-corrected chi connectivity index (χ3v) is 3.07. The molecule has 0 saturated carbocycles. The first kappa shape index (κ1) is 12.4. The molecule has 0 fully saturated rings. The largest absolute Gasteiger partial charge is 0.248 e. The number of nitrogens with zero attached hydrogens (tertiary/aromatic N) is 3. The van der Waals surface area contributed by atoms with Crippen molar-refractivity contribution in [3.8, 4) is 0 Å². The van der Waals surface area contributed by atoms with E-state index in [1.54, 1.807) is 6.20 Å². The molecule has 0 aliphatic heterocycles. The third kappa shape index (κ3) is 2.63. The maximum absolute atomic E-state index is 13.7. The molecule has 0 radical (unpaired) electrons. The topological polar surface area (TPSA) is 30.7 Å². The summed E-state index contributed by atoms with van der Waals surface area (Å²) in [5, 5.41) is 7.46. The van der Waals surface area contributed by atoms with Gasteiger partial charge in [0.2, 0.25) is 0 Å². The Kier molecular flexibility index (Phi) is 3.73. The smallest absolute Gasteiger partial charge is 0.145 e. The van der Waals surface area contributed by atoms with Gasteiger partial charge < -0.3 is 0 Å². The zero-order valence-corrected chi connectivity index (χ0v) is 10.8. The van der Waals surface area contributed by atoms with Crippen LogP contribution in [0.25, 0.3) is 0 Å². The number of aromatic nitrogens is 3. The van der Waals surface area contributed by atoms with Crippen molar-refractivity contribution in [3.63, 3.8) is 0 Å². The zero-order chi connectivity index (χ0) is 12.4. The minimum atomic E-state index is -0.632. The van der Waals surface area contributed by atoms with Crippen molar-refractivity contribution in [2.24, 2.45) is 0 Å². The van der Waals surface area contributed by atoms with Gasteiger partial charge in [0.15, 0.2) is 0 Å². The molecule has 0 atom stereocenters. The number of halogens is 4. The summed E-state index contributed by atoms with van der Waals surface area (Å²) in [6.07, 6.45) is 1.55. The van der Waals surface area contributed by atoms with Gasteiger partial charge in [-0.15, -0.1) is 16.7 Å². The van der Waals surface area contributed by atoms with E-state index < -0.39 is 11.6 Å². The molecule has 7 heteroatoms. The van der Waals surface area contributed by atoms with E-state index >= 15 is 0 Å². The number of alkyl halides is 1. The number of hydrogen-bond donors (Lipinski definition) is 0. The monoisotopic (exact) mass is 321 g/mol. The zero-order valence-electron chi connectivity index (χ0n) is 8.50. The highest BCUT2D eigenvalue weighted by molar-refractivity contribution is 9.10. The maximum Gasteiger partial charge on any atom is 0.145 e. The quantitative estimate of drug-likeness (QED) is 0.642. The van der Waals surface area contributed by atoms with E-state index in [1.165, 1.54) is 16.8 Å². The van der Waals surface area contributed by atoms with Crippen LogP contribution < -0.4 is 0 Å². The second-order valence-electron chi connectivity index (χ2n) is 3.36. The fraction of sp³-hybridized carbons (Fsp3) is 0.200. The fourth-order valence-corrected chi connectivity index (χ4v) is 1.85. The van der Waals surface area contributed by atoms with Crippen molar-refractivity contribution in [2.45, 2.75) is 12.4 Å². The van der Waals surface area contributed by atoms with Crippen molar-refractivity contribution in [1.82, 2.24) is 15.0 Å². The van der Waals surface area contributed by atoms with Crippen LogP contribution in [0.1, 0.15) is 11.3 Å². The summed E-state index contributed by atoms with van der Waals surface area (Å²) in [5.41, 5.74) is 0.493. The van der Waals surface area contributed by atoms with E-state index in [0.29, 0.717) is 5.69 Å². The van der Waals surface area contributed by atoms with Gasteiger partial charge in [0.25, 0.3) is 0 Å². The highest BCUT2D eigenvalue weighted by Gasteiger charge is 2.13. The molecule has 2 aromatic rings. The second kappa shape index (κ2) is 5.10. The number of rotatable bonds is 3. The van der Waals surface area contributed by atoms with Crippen LogP contribution in [0.3, 0.4) is 0 Å². The van der Waals surface area contributed by atoms with Crippen molar-refractivity contribution < 1.29 is 8.78 Å². The van der Waals surface area contributed by atoms with Gasteiger partial charge in [-0.2, -0.15) is 0 Å². The van der Waals surface area contributed by atoms with Crippen LogP contribution in [0.15, 0.2) is 22.8 Å². The lowest BCUT2D eigenvalue weighted by molar-refractivity contribution is 0.524. The Labute approximate surface area is 110 Å². The van der Waals surface area contributed by atoms with Gasteiger partial charge in [-0.1, -0.05) is 5.21 Å². The standard InChI is InChI=1S/C10H7BrClF2N3/c11-8-1-2-9(13)7(10(8)14)5-17-4-6(3-12)15-16-17/h1-2,4H,3,5H2. The minimum Gasteiger partial charge on any atom is -0.248 e. The lowest BCUT2D eigenvalue weighted by atomic mass is 10.2. The van der Waals surface area contributed by atoms with E-state index in [-0.39, 0.29) is 22.5 Å². The molecule has 1 aromatic heterocycles. The predicted molar refractivity (Wildman–Crippen MR) is 62.7 cm³/mol. The number of hydrogen-bond acceptors (Lipinski definition) is 2. The van der Waals surface area contributed by atoms with E-state index in [4.69, 9.17) is 11.6 Å². The molecule has 90 valence electrons. The maximum atomic E-state index is 13.7. The van der Waals surface area contributed by atoms with Crippen LogP contribution in [-0.2, 0) is 12.4 Å². The van der Waals surface area contributed by atoms with Crippen LogP contribution in [0.2, 0.25) is 0 Å². The molecule has 0 bridgehead atoms. The van der Waals surface area contributed by atoms with Crippen molar-refractivity contribution >= 4 is 27.5 Å². The van der Waals surface area contributed by atoms with Crippen LogP contribution in [0.5, 0.6) is 0 Å². The predicted octanol–water partition coefficient (Wildman–Crippen LogP) is 3.11. The SMILES string of the molecule is Fc1ccc(Br)c(F)c1Cn1cc(CCl)nn1. The summed E-state index contributed by atoms with van der Waals surface area (Å²) in [5.74, 6) is -1.04. The molecule has 17 heavy (non-hydrogen) atoms. The molecule has 1 aromatic carbocycles. The molecular formula is C10H7BrClF2N3. The van der Waals surface area contributed by atoms with Gasteiger partial charge in [-0.3, -0.25) is 0 Å². The Hall–Kier alpha value is -1.01. The summed E-state index contributed by atoms with van der Waals surface area (Å²) in [6.45, 7) is -0.0268. The molecule has 2 rings (SSSR count). The lowest BCUT2D eigenvalue weighted by Gasteiger charge is -2.05. The van der Waals surface area contributed by atoms with E-state index in [1.807, 2.05) is 0 Å². The Morgan fingerprint density at radius 2 is 2.12 bits per heavy atom. The summed E-state index contributed by atoms with van der Waals surface area (Å²) in [6, 6.07) is 2.52.